The minimum atomic E-state index is 0.147. The maximum atomic E-state index is 4.98. The van der Waals surface area contributed by atoms with Gasteiger partial charge >= 0.3 is 0 Å². The first-order chi connectivity index (χ1) is 9.20. The van der Waals surface area contributed by atoms with Crippen LogP contribution < -0.4 is 0 Å². The summed E-state index contributed by atoms with van der Waals surface area (Å²) in [6, 6.07) is 0. The average Bonchev–Trinajstić information content (AvgIpc) is 2.81. The zero-order valence-corrected chi connectivity index (χ0v) is 14.8. The number of H-pyrrole nitrogens is 1. The van der Waals surface area contributed by atoms with Gasteiger partial charge in [0.15, 0.2) is 0 Å². The Morgan fingerprint density at radius 1 is 1.10 bits per heavy atom. The maximum Gasteiger partial charge on any atom is 0.112 e. The highest BCUT2D eigenvalue weighted by molar-refractivity contribution is 5.25. The third kappa shape index (κ3) is 3.86. The van der Waals surface area contributed by atoms with Crippen molar-refractivity contribution >= 4 is 0 Å². The Morgan fingerprint density at radius 2 is 1.70 bits per heavy atom. The summed E-state index contributed by atoms with van der Waals surface area (Å²) in [5.41, 5.74) is 2.77. The number of nitrogens with one attached hydrogen (secondary N) is 1. The van der Waals surface area contributed by atoms with Gasteiger partial charge in [0.2, 0.25) is 0 Å². The molecule has 1 unspecified atom stereocenters. The van der Waals surface area contributed by atoms with Crippen LogP contribution in [0.25, 0.3) is 0 Å². The van der Waals surface area contributed by atoms with Gasteiger partial charge in [0, 0.05) is 17.0 Å². The first kappa shape index (κ1) is 17.3. The Balaban J connectivity index is 3.15. The molecule has 116 valence electrons. The molecule has 0 fully saturated rings. The molecule has 1 N–H and O–H groups in total. The van der Waals surface area contributed by atoms with E-state index in [1.807, 2.05) is 0 Å². The largest absolute Gasteiger partial charge is 0.345 e. The zero-order valence-electron chi connectivity index (χ0n) is 14.8. The summed E-state index contributed by atoms with van der Waals surface area (Å²) < 4.78 is 0. The molecule has 1 aromatic heterocycles. The van der Waals surface area contributed by atoms with Crippen LogP contribution >= 0.6 is 0 Å². The molecule has 0 saturated carbocycles. The van der Waals surface area contributed by atoms with Crippen LogP contribution in [0.1, 0.15) is 104 Å². The molecule has 20 heavy (non-hydrogen) atoms. The topological polar surface area (TPSA) is 28.7 Å². The van der Waals surface area contributed by atoms with Gasteiger partial charge in [-0.25, -0.2) is 4.98 Å². The molecule has 0 radical (unpaired) electrons. The second-order valence-corrected chi connectivity index (χ2v) is 7.56. The van der Waals surface area contributed by atoms with E-state index in [2.05, 4.69) is 60.4 Å². The van der Waals surface area contributed by atoms with Crippen molar-refractivity contribution in [2.24, 2.45) is 5.92 Å². The standard InChI is InChI=1S/C18H34N2/c1-9-10-11-18(7,8)17-19-15(13(4)5)16(20-17)14(6)12(2)3/h12-14H,9-11H2,1-8H3,(H,19,20). The van der Waals surface area contributed by atoms with Gasteiger partial charge in [0.1, 0.15) is 5.82 Å². The second kappa shape index (κ2) is 6.78. The molecule has 2 nitrogen and oxygen atoms in total. The van der Waals surface area contributed by atoms with Crippen LogP contribution in [-0.2, 0) is 5.41 Å². The monoisotopic (exact) mass is 278 g/mol. The number of aromatic amines is 1. The van der Waals surface area contributed by atoms with Crippen LogP contribution in [0.15, 0.2) is 0 Å². The van der Waals surface area contributed by atoms with Gasteiger partial charge in [-0.3, -0.25) is 0 Å². The van der Waals surface area contributed by atoms with Crippen molar-refractivity contribution in [1.29, 1.82) is 0 Å². The van der Waals surface area contributed by atoms with E-state index in [4.69, 9.17) is 4.98 Å². The number of aromatic nitrogens is 2. The third-order valence-corrected chi connectivity index (χ3v) is 4.56. The summed E-state index contributed by atoms with van der Waals surface area (Å²) in [6.45, 7) is 18.3. The lowest BCUT2D eigenvalue weighted by atomic mass is 9.86. The fourth-order valence-corrected chi connectivity index (χ4v) is 2.58. The molecule has 0 saturated heterocycles. The molecule has 0 aliphatic heterocycles. The van der Waals surface area contributed by atoms with Crippen LogP contribution in [0.5, 0.6) is 0 Å². The summed E-state index contributed by atoms with van der Waals surface area (Å²) in [5.74, 6) is 2.84. The van der Waals surface area contributed by atoms with Gasteiger partial charge in [0.05, 0.1) is 5.69 Å². The van der Waals surface area contributed by atoms with E-state index in [-0.39, 0.29) is 5.41 Å². The van der Waals surface area contributed by atoms with Gasteiger partial charge in [-0.1, -0.05) is 68.2 Å². The highest BCUT2D eigenvalue weighted by atomic mass is 15.0. The first-order valence-electron chi connectivity index (χ1n) is 8.31. The fraction of sp³-hybridized carbons (Fsp3) is 0.833. The Kier molecular flexibility index (Phi) is 5.85. The Morgan fingerprint density at radius 3 is 2.15 bits per heavy atom. The van der Waals surface area contributed by atoms with Crippen molar-refractivity contribution in [1.82, 2.24) is 9.97 Å². The maximum absolute atomic E-state index is 4.98. The van der Waals surface area contributed by atoms with Crippen LogP contribution in [0, 0.1) is 5.92 Å². The van der Waals surface area contributed by atoms with Gasteiger partial charge in [-0.15, -0.1) is 0 Å². The van der Waals surface area contributed by atoms with Crippen LogP contribution in [-0.4, -0.2) is 9.97 Å². The lowest BCUT2D eigenvalue weighted by molar-refractivity contribution is 0.432. The van der Waals surface area contributed by atoms with Gasteiger partial charge in [-0.05, 0) is 18.3 Å². The number of rotatable bonds is 7. The van der Waals surface area contributed by atoms with E-state index in [1.54, 1.807) is 0 Å². The molecule has 1 atom stereocenters. The van der Waals surface area contributed by atoms with Crippen LogP contribution in [0.4, 0.5) is 0 Å². The predicted octanol–water partition coefficient (Wildman–Crippen LogP) is 5.76. The Bertz CT molecular complexity index is 413. The minimum absolute atomic E-state index is 0.147. The predicted molar refractivity (Wildman–Crippen MR) is 88.5 cm³/mol. The average molecular weight is 278 g/mol. The molecule has 0 aromatic carbocycles. The molecule has 0 aliphatic carbocycles. The normalized spacial score (nSPS) is 14.3. The summed E-state index contributed by atoms with van der Waals surface area (Å²) in [5, 5.41) is 0. The van der Waals surface area contributed by atoms with Gasteiger partial charge in [0.25, 0.3) is 0 Å². The van der Waals surface area contributed by atoms with Crippen LogP contribution in [0.2, 0.25) is 0 Å². The zero-order chi connectivity index (χ0) is 15.5. The van der Waals surface area contributed by atoms with Crippen LogP contribution in [0.3, 0.4) is 0 Å². The quantitative estimate of drug-likeness (QED) is 0.675. The molecule has 1 rings (SSSR count). The Labute approximate surface area is 125 Å². The number of hydrogen-bond donors (Lipinski definition) is 1. The minimum Gasteiger partial charge on any atom is -0.345 e. The third-order valence-electron chi connectivity index (χ3n) is 4.56. The fourth-order valence-electron chi connectivity index (χ4n) is 2.58. The molecule has 1 aromatic rings. The van der Waals surface area contributed by atoms with Crippen molar-refractivity contribution in [3.63, 3.8) is 0 Å². The molecule has 2 heteroatoms. The van der Waals surface area contributed by atoms with Crippen molar-refractivity contribution in [2.75, 3.05) is 0 Å². The molecule has 0 bridgehead atoms. The summed E-state index contributed by atoms with van der Waals surface area (Å²) >= 11 is 0. The summed E-state index contributed by atoms with van der Waals surface area (Å²) in [7, 11) is 0. The van der Waals surface area contributed by atoms with E-state index in [0.717, 1.165) is 0 Å². The molecule has 0 aliphatic rings. The SMILES string of the molecule is CCCCC(C)(C)c1nc(C(C)C)c(C(C)C(C)C)[nH]1. The molecule has 0 spiro atoms. The number of unbranched alkanes of at least 4 members (excludes halogenated alkanes) is 1. The second-order valence-electron chi connectivity index (χ2n) is 7.56. The highest BCUT2D eigenvalue weighted by Gasteiger charge is 2.28. The van der Waals surface area contributed by atoms with Crippen molar-refractivity contribution < 1.29 is 0 Å². The number of hydrogen-bond acceptors (Lipinski definition) is 1. The van der Waals surface area contributed by atoms with Gasteiger partial charge in [-0.2, -0.15) is 0 Å². The number of nitrogens with zero attached hydrogens (tertiary/aromatic N) is 1. The Hall–Kier alpha value is -0.790. The highest BCUT2D eigenvalue weighted by Crippen LogP contribution is 2.34. The molecular weight excluding hydrogens is 244 g/mol. The van der Waals surface area contributed by atoms with E-state index in [0.29, 0.717) is 17.8 Å². The molecule has 1 heterocycles. The smallest absolute Gasteiger partial charge is 0.112 e. The summed E-state index contributed by atoms with van der Waals surface area (Å²) in [6.07, 6.45) is 3.71. The van der Waals surface area contributed by atoms with Crippen molar-refractivity contribution in [3.8, 4) is 0 Å². The first-order valence-corrected chi connectivity index (χ1v) is 8.31. The molecule has 0 amide bonds. The lowest BCUT2D eigenvalue weighted by Gasteiger charge is -2.22. The van der Waals surface area contributed by atoms with Crippen molar-refractivity contribution in [2.45, 2.75) is 91.9 Å². The lowest BCUT2D eigenvalue weighted by Crippen LogP contribution is -2.19. The van der Waals surface area contributed by atoms with Gasteiger partial charge < -0.3 is 4.98 Å². The number of imidazole rings is 1. The van der Waals surface area contributed by atoms with Crippen molar-refractivity contribution in [3.05, 3.63) is 17.2 Å². The van der Waals surface area contributed by atoms with E-state index in [9.17, 15) is 0 Å². The van der Waals surface area contributed by atoms with E-state index >= 15 is 0 Å². The van der Waals surface area contributed by atoms with E-state index in [1.165, 1.54) is 36.5 Å². The molecular formula is C18H34N2. The summed E-state index contributed by atoms with van der Waals surface area (Å²) in [4.78, 5) is 8.66. The van der Waals surface area contributed by atoms with E-state index < -0.39 is 0 Å².